The SMILES string of the molecule is c1ccc(-c2cccc(-c3nc(-c4ccccc4)nc(-n4c5ccccc5c5cc6c(cc54)c4ccccc4n6-c4ccc(-c5cc(-c6ccccc6)nc(-c6ccccc6)c5)cc4)n3)c2)cc1. The molecule has 68 heavy (non-hydrogen) atoms. The minimum Gasteiger partial charge on any atom is -0.309 e. The van der Waals surface area contributed by atoms with Crippen molar-refractivity contribution >= 4 is 43.6 Å². The first kappa shape index (κ1) is 39.1. The van der Waals surface area contributed by atoms with E-state index in [-0.39, 0.29) is 0 Å². The molecule has 0 N–H and O–H groups in total. The van der Waals surface area contributed by atoms with Crippen molar-refractivity contribution in [2.45, 2.75) is 0 Å². The van der Waals surface area contributed by atoms with Crippen LogP contribution in [0.25, 0.3) is 123 Å². The molecule has 9 aromatic carbocycles. The third-order valence-electron chi connectivity index (χ3n) is 13.0. The van der Waals surface area contributed by atoms with Gasteiger partial charge in [0, 0.05) is 49.5 Å². The second kappa shape index (κ2) is 16.3. The highest BCUT2D eigenvalue weighted by Gasteiger charge is 2.22. The van der Waals surface area contributed by atoms with E-state index in [0.29, 0.717) is 17.6 Å². The average molecular weight is 869 g/mol. The van der Waals surface area contributed by atoms with Gasteiger partial charge in [-0.25, -0.2) is 9.97 Å². The molecule has 0 saturated carbocycles. The molecular formula is C62H40N6. The molecule has 318 valence electrons. The zero-order valence-corrected chi connectivity index (χ0v) is 36.8. The normalized spacial score (nSPS) is 11.5. The van der Waals surface area contributed by atoms with Crippen molar-refractivity contribution in [3.05, 3.63) is 243 Å². The van der Waals surface area contributed by atoms with Crippen molar-refractivity contribution in [3.63, 3.8) is 0 Å². The van der Waals surface area contributed by atoms with Crippen molar-refractivity contribution in [2.75, 3.05) is 0 Å². The number of aromatic nitrogens is 6. The van der Waals surface area contributed by atoms with Crippen molar-refractivity contribution < 1.29 is 0 Å². The molecule has 0 atom stereocenters. The second-order valence-corrected chi connectivity index (χ2v) is 17.1. The van der Waals surface area contributed by atoms with Gasteiger partial charge in [0.05, 0.1) is 33.5 Å². The highest BCUT2D eigenvalue weighted by molar-refractivity contribution is 6.19. The molecule has 0 saturated heterocycles. The molecule has 0 fully saturated rings. The number of rotatable bonds is 8. The molecule has 0 radical (unpaired) electrons. The van der Waals surface area contributed by atoms with E-state index >= 15 is 0 Å². The minimum absolute atomic E-state index is 0.561. The molecule has 0 aliphatic rings. The van der Waals surface area contributed by atoms with E-state index in [4.69, 9.17) is 19.9 Å². The predicted octanol–water partition coefficient (Wildman–Crippen LogP) is 15.5. The van der Waals surface area contributed by atoms with Crippen molar-refractivity contribution in [1.29, 1.82) is 0 Å². The zero-order chi connectivity index (χ0) is 45.0. The lowest BCUT2D eigenvalue weighted by molar-refractivity contribution is 0.954. The van der Waals surface area contributed by atoms with Crippen LogP contribution in [0.15, 0.2) is 243 Å². The van der Waals surface area contributed by atoms with Gasteiger partial charge in [-0.3, -0.25) is 4.57 Å². The molecule has 0 amide bonds. The molecular weight excluding hydrogens is 829 g/mol. The number of fused-ring (bicyclic) bond motifs is 6. The number of para-hydroxylation sites is 2. The summed E-state index contributed by atoms with van der Waals surface area (Å²) in [6, 6.07) is 85.2. The molecule has 6 heteroatoms. The van der Waals surface area contributed by atoms with Gasteiger partial charge >= 0.3 is 0 Å². The molecule has 6 nitrogen and oxygen atoms in total. The molecule has 0 bridgehead atoms. The Morgan fingerprint density at radius 3 is 1.26 bits per heavy atom. The van der Waals surface area contributed by atoms with Crippen LogP contribution in [-0.4, -0.2) is 29.1 Å². The van der Waals surface area contributed by atoms with Crippen LogP contribution in [0.3, 0.4) is 0 Å². The van der Waals surface area contributed by atoms with Gasteiger partial charge < -0.3 is 4.57 Å². The Kier molecular flexibility index (Phi) is 9.39. The fraction of sp³-hybridized carbons (Fsp3) is 0. The Morgan fingerprint density at radius 2 is 0.676 bits per heavy atom. The first-order valence-corrected chi connectivity index (χ1v) is 22.9. The monoisotopic (exact) mass is 868 g/mol. The predicted molar refractivity (Wildman–Crippen MR) is 279 cm³/mol. The van der Waals surface area contributed by atoms with Crippen LogP contribution in [-0.2, 0) is 0 Å². The fourth-order valence-electron chi connectivity index (χ4n) is 9.72. The lowest BCUT2D eigenvalue weighted by atomic mass is 10.00. The van der Waals surface area contributed by atoms with Crippen molar-refractivity contribution in [1.82, 2.24) is 29.1 Å². The topological polar surface area (TPSA) is 61.4 Å². The van der Waals surface area contributed by atoms with Crippen LogP contribution < -0.4 is 0 Å². The Morgan fingerprint density at radius 1 is 0.235 bits per heavy atom. The summed E-state index contributed by atoms with van der Waals surface area (Å²) >= 11 is 0. The lowest BCUT2D eigenvalue weighted by Gasteiger charge is -2.12. The average Bonchev–Trinajstić information content (AvgIpc) is 3.93. The van der Waals surface area contributed by atoms with Crippen LogP contribution in [0.2, 0.25) is 0 Å². The molecule has 13 aromatic rings. The van der Waals surface area contributed by atoms with E-state index in [1.165, 1.54) is 5.39 Å². The summed E-state index contributed by atoms with van der Waals surface area (Å²) in [6.45, 7) is 0. The minimum atomic E-state index is 0.561. The molecule has 13 rings (SSSR count). The Labute approximate surface area is 392 Å². The van der Waals surface area contributed by atoms with E-state index in [1.807, 2.05) is 36.4 Å². The zero-order valence-electron chi connectivity index (χ0n) is 36.8. The van der Waals surface area contributed by atoms with Crippen LogP contribution >= 0.6 is 0 Å². The van der Waals surface area contributed by atoms with Gasteiger partial charge in [-0.1, -0.05) is 188 Å². The van der Waals surface area contributed by atoms with E-state index in [1.54, 1.807) is 0 Å². The Hall–Kier alpha value is -9.26. The lowest BCUT2D eigenvalue weighted by Crippen LogP contribution is -2.06. The number of benzene rings is 9. The van der Waals surface area contributed by atoms with Crippen LogP contribution in [0.1, 0.15) is 0 Å². The van der Waals surface area contributed by atoms with Crippen LogP contribution in [0.5, 0.6) is 0 Å². The van der Waals surface area contributed by atoms with Gasteiger partial charge in [-0.2, -0.15) is 9.97 Å². The fourth-order valence-corrected chi connectivity index (χ4v) is 9.72. The summed E-state index contributed by atoms with van der Waals surface area (Å²) < 4.78 is 4.61. The quantitative estimate of drug-likeness (QED) is 0.153. The maximum Gasteiger partial charge on any atom is 0.238 e. The summed E-state index contributed by atoms with van der Waals surface area (Å²) in [5.74, 6) is 1.78. The van der Waals surface area contributed by atoms with Gasteiger partial charge in [0.2, 0.25) is 5.95 Å². The Bertz CT molecular complexity index is 3930. The van der Waals surface area contributed by atoms with E-state index in [2.05, 4.69) is 215 Å². The smallest absolute Gasteiger partial charge is 0.238 e. The molecule has 4 aromatic heterocycles. The Balaban J connectivity index is 0.981. The molecule has 4 heterocycles. The van der Waals surface area contributed by atoms with Gasteiger partial charge in [0.15, 0.2) is 11.6 Å². The summed E-state index contributed by atoms with van der Waals surface area (Å²) in [5.41, 5.74) is 15.7. The summed E-state index contributed by atoms with van der Waals surface area (Å²) in [6.07, 6.45) is 0. The third-order valence-corrected chi connectivity index (χ3v) is 13.0. The van der Waals surface area contributed by atoms with E-state index in [0.717, 1.165) is 99.8 Å². The van der Waals surface area contributed by atoms with Gasteiger partial charge in [0.25, 0.3) is 0 Å². The van der Waals surface area contributed by atoms with Crippen LogP contribution in [0, 0.1) is 0 Å². The summed E-state index contributed by atoms with van der Waals surface area (Å²) in [5, 5.41) is 4.54. The van der Waals surface area contributed by atoms with Gasteiger partial charge in [0.1, 0.15) is 0 Å². The number of nitrogens with zero attached hydrogens (tertiary/aromatic N) is 6. The van der Waals surface area contributed by atoms with Crippen molar-refractivity contribution in [3.8, 4) is 79.2 Å². The van der Waals surface area contributed by atoms with Gasteiger partial charge in [-0.05, 0) is 76.9 Å². The summed E-state index contributed by atoms with van der Waals surface area (Å²) in [4.78, 5) is 20.8. The molecule has 0 aliphatic heterocycles. The highest BCUT2D eigenvalue weighted by atomic mass is 15.2. The number of pyridine rings is 1. The summed E-state index contributed by atoms with van der Waals surface area (Å²) in [7, 11) is 0. The maximum absolute atomic E-state index is 5.31. The first-order chi connectivity index (χ1) is 33.7. The molecule has 0 unspecified atom stereocenters. The molecule has 0 aliphatic carbocycles. The van der Waals surface area contributed by atoms with Gasteiger partial charge in [-0.15, -0.1) is 0 Å². The van der Waals surface area contributed by atoms with Crippen molar-refractivity contribution in [2.24, 2.45) is 0 Å². The number of hydrogen-bond donors (Lipinski definition) is 0. The maximum atomic E-state index is 5.31. The van der Waals surface area contributed by atoms with E-state index < -0.39 is 0 Å². The second-order valence-electron chi connectivity index (χ2n) is 17.1. The van der Waals surface area contributed by atoms with E-state index in [9.17, 15) is 0 Å². The first-order valence-electron chi connectivity index (χ1n) is 22.9. The largest absolute Gasteiger partial charge is 0.309 e. The van der Waals surface area contributed by atoms with Crippen LogP contribution in [0.4, 0.5) is 0 Å². The number of hydrogen-bond acceptors (Lipinski definition) is 4. The standard InChI is InChI=1S/C62H40N6/c1-5-18-41(19-6-1)46-26-17-27-47(36-46)61-64-60(45-24-11-4-12-25-45)65-62(66-61)68-57-31-16-14-29-51(57)53-39-58-52(40-59(53)68)50-28-13-15-30-56(50)67(58)49-34-32-42(33-35-49)48-37-54(43-20-7-2-8-21-43)63-55(38-48)44-22-9-3-10-23-44/h1-40H. The molecule has 0 spiro atoms. The third kappa shape index (κ3) is 6.82. The highest BCUT2D eigenvalue weighted by Crippen LogP contribution is 2.40.